The van der Waals surface area contributed by atoms with Crippen molar-refractivity contribution in [3.05, 3.63) is 36.5 Å². The van der Waals surface area contributed by atoms with Gasteiger partial charge in [0.15, 0.2) is 0 Å². The summed E-state index contributed by atoms with van der Waals surface area (Å²) >= 11 is 0. The van der Waals surface area contributed by atoms with Gasteiger partial charge in [-0.05, 0) is 38.0 Å². The van der Waals surface area contributed by atoms with Gasteiger partial charge < -0.3 is 24.4 Å². The quantitative estimate of drug-likeness (QED) is 0.405. The predicted octanol–water partition coefficient (Wildman–Crippen LogP) is 2.45. The first-order valence-electron chi connectivity index (χ1n) is 10.2. The maximum Gasteiger partial charge on any atom is 0.330 e. The van der Waals surface area contributed by atoms with Gasteiger partial charge in [-0.3, -0.25) is 0 Å². The van der Waals surface area contributed by atoms with Crippen molar-refractivity contribution >= 4 is 5.97 Å². The molecule has 0 aromatic heterocycles. The third-order valence-corrected chi connectivity index (χ3v) is 5.52. The van der Waals surface area contributed by atoms with Crippen molar-refractivity contribution in [2.45, 2.75) is 82.1 Å². The van der Waals surface area contributed by atoms with Gasteiger partial charge >= 0.3 is 5.97 Å². The number of esters is 1. The van der Waals surface area contributed by atoms with E-state index in [0.29, 0.717) is 25.2 Å². The van der Waals surface area contributed by atoms with Crippen LogP contribution in [0.4, 0.5) is 0 Å². The molecule has 0 saturated carbocycles. The number of fused-ring (bicyclic) bond motifs is 3. The highest BCUT2D eigenvalue weighted by Gasteiger charge is 2.45. The summed E-state index contributed by atoms with van der Waals surface area (Å²) in [6.07, 6.45) is 9.79. The maximum absolute atomic E-state index is 12.0. The van der Waals surface area contributed by atoms with E-state index in [4.69, 9.17) is 14.2 Å². The van der Waals surface area contributed by atoms with Gasteiger partial charge in [0.25, 0.3) is 0 Å². The van der Waals surface area contributed by atoms with Crippen LogP contribution < -0.4 is 0 Å². The number of aliphatic hydroxyl groups excluding tert-OH is 2. The molecule has 156 valence electrons. The van der Waals surface area contributed by atoms with Crippen LogP contribution in [0.25, 0.3) is 0 Å². The molecule has 6 heteroatoms. The van der Waals surface area contributed by atoms with E-state index in [9.17, 15) is 15.0 Å². The summed E-state index contributed by atoms with van der Waals surface area (Å²) in [5, 5.41) is 19.9. The Morgan fingerprint density at radius 1 is 1.18 bits per heavy atom. The van der Waals surface area contributed by atoms with E-state index in [1.807, 2.05) is 6.08 Å². The molecule has 1 fully saturated rings. The summed E-state index contributed by atoms with van der Waals surface area (Å²) in [5.74, 6) is -0.0767. The zero-order valence-corrected chi connectivity index (χ0v) is 16.5. The normalized spacial score (nSPS) is 41.3. The Bertz CT molecular complexity index is 612. The summed E-state index contributed by atoms with van der Waals surface area (Å²) in [5.41, 5.74) is 1.01. The van der Waals surface area contributed by atoms with Crippen LogP contribution in [0.5, 0.6) is 0 Å². The van der Waals surface area contributed by atoms with Crippen LogP contribution in [0.3, 0.4) is 0 Å². The van der Waals surface area contributed by atoms with Crippen LogP contribution in [0.1, 0.15) is 45.4 Å². The largest absolute Gasteiger partial charge is 0.457 e. The van der Waals surface area contributed by atoms with Crippen LogP contribution in [0.15, 0.2) is 36.5 Å². The molecule has 3 aliphatic heterocycles. The molecular formula is C22H32O6. The van der Waals surface area contributed by atoms with E-state index in [-0.39, 0.29) is 31.0 Å². The predicted molar refractivity (Wildman–Crippen MR) is 105 cm³/mol. The van der Waals surface area contributed by atoms with E-state index in [1.54, 1.807) is 6.08 Å². The molecule has 3 heterocycles. The minimum absolute atomic E-state index is 0.0480. The van der Waals surface area contributed by atoms with E-state index in [1.165, 1.54) is 6.08 Å². The number of hydrogen-bond donors (Lipinski definition) is 2. The van der Waals surface area contributed by atoms with E-state index in [0.717, 1.165) is 24.8 Å². The van der Waals surface area contributed by atoms with Crippen molar-refractivity contribution in [2.24, 2.45) is 5.92 Å². The molecule has 0 aromatic rings. The average Bonchev–Trinajstić information content (AvgIpc) is 3.39. The standard InChI is InChI=1S/C22H32O6/c1-14-9-15(2)11-19(24)22-20(28-22)12-18(13-23)27-21(25)8-4-6-16-5-3-7-17(10-14)26-16/h3-5,8,14,16-20,22-24H,2,6-7,9-13H2,1H3/b8-4+/t14-,16-,17-,18-,19-,20-,22-/m0/s1. The molecule has 0 radical (unpaired) electrons. The third kappa shape index (κ3) is 6.27. The number of carbonyl (C=O) groups excluding carboxylic acids is 1. The lowest BCUT2D eigenvalue weighted by molar-refractivity contribution is -0.145. The lowest BCUT2D eigenvalue weighted by Gasteiger charge is -2.28. The zero-order valence-electron chi connectivity index (χ0n) is 16.5. The molecule has 3 aliphatic rings. The molecule has 3 rings (SSSR count). The second-order valence-corrected chi connectivity index (χ2v) is 8.28. The summed E-state index contributed by atoms with van der Waals surface area (Å²) in [7, 11) is 0. The fourth-order valence-corrected chi connectivity index (χ4v) is 4.14. The van der Waals surface area contributed by atoms with E-state index in [2.05, 4.69) is 19.6 Å². The first-order valence-corrected chi connectivity index (χ1v) is 10.2. The number of cyclic esters (lactones) is 1. The lowest BCUT2D eigenvalue weighted by Crippen LogP contribution is -2.27. The van der Waals surface area contributed by atoms with E-state index >= 15 is 0 Å². The highest BCUT2D eigenvalue weighted by atomic mass is 16.6. The van der Waals surface area contributed by atoms with Crippen LogP contribution in [0.2, 0.25) is 0 Å². The Morgan fingerprint density at radius 2 is 2.00 bits per heavy atom. The Hall–Kier alpha value is -1.47. The lowest BCUT2D eigenvalue weighted by atomic mass is 9.91. The van der Waals surface area contributed by atoms with Gasteiger partial charge in [0.05, 0.1) is 31.0 Å². The van der Waals surface area contributed by atoms with Gasteiger partial charge in [-0.25, -0.2) is 4.79 Å². The monoisotopic (exact) mass is 392 g/mol. The molecular weight excluding hydrogens is 360 g/mol. The molecule has 6 nitrogen and oxygen atoms in total. The molecule has 0 aromatic carbocycles. The minimum Gasteiger partial charge on any atom is -0.457 e. The molecule has 0 amide bonds. The second-order valence-electron chi connectivity index (χ2n) is 8.28. The van der Waals surface area contributed by atoms with Gasteiger partial charge in [-0.2, -0.15) is 0 Å². The molecule has 7 atom stereocenters. The van der Waals surface area contributed by atoms with Crippen LogP contribution >= 0.6 is 0 Å². The number of rotatable bonds is 1. The first kappa shape index (κ1) is 21.2. The summed E-state index contributed by atoms with van der Waals surface area (Å²) in [6.45, 7) is 6.04. The number of carbonyl (C=O) groups is 1. The smallest absolute Gasteiger partial charge is 0.330 e. The van der Waals surface area contributed by atoms with Gasteiger partial charge in [0, 0.05) is 12.5 Å². The Kier molecular flexibility index (Phi) is 7.46. The van der Waals surface area contributed by atoms with Crippen molar-refractivity contribution in [1.29, 1.82) is 0 Å². The summed E-state index contributed by atoms with van der Waals surface area (Å²) < 4.78 is 17.0. The first-order chi connectivity index (χ1) is 13.4. The van der Waals surface area contributed by atoms with Crippen molar-refractivity contribution < 1.29 is 29.2 Å². The maximum atomic E-state index is 12.0. The number of aliphatic hydroxyl groups is 2. The van der Waals surface area contributed by atoms with Gasteiger partial charge in [0.1, 0.15) is 12.2 Å². The Labute approximate surface area is 166 Å². The molecule has 0 spiro atoms. The zero-order chi connectivity index (χ0) is 20.1. The van der Waals surface area contributed by atoms with Crippen molar-refractivity contribution in [3.63, 3.8) is 0 Å². The third-order valence-electron chi connectivity index (χ3n) is 5.52. The number of hydrogen-bond acceptors (Lipinski definition) is 6. The molecule has 2 N–H and O–H groups in total. The number of ether oxygens (including phenoxy) is 3. The average molecular weight is 392 g/mol. The Balaban J connectivity index is 1.66. The van der Waals surface area contributed by atoms with Crippen molar-refractivity contribution in [3.8, 4) is 0 Å². The Morgan fingerprint density at radius 3 is 2.79 bits per heavy atom. The topological polar surface area (TPSA) is 88.5 Å². The van der Waals surface area contributed by atoms with Gasteiger partial charge in [-0.15, -0.1) is 0 Å². The minimum atomic E-state index is -0.642. The van der Waals surface area contributed by atoms with Gasteiger partial charge in [0.2, 0.25) is 0 Å². The summed E-state index contributed by atoms with van der Waals surface area (Å²) in [4.78, 5) is 12.0. The number of epoxide rings is 1. The fourth-order valence-electron chi connectivity index (χ4n) is 4.14. The SMILES string of the molecule is C=C1C[C@H](C)C[C@@H]2CC=C[C@@H](C/C=C/C(=O)O[C@H](CO)C[C@@H]3O[C@H]3[C@@H](O)C1)O2. The molecule has 28 heavy (non-hydrogen) atoms. The summed E-state index contributed by atoms with van der Waals surface area (Å²) in [6, 6.07) is 0. The highest BCUT2D eigenvalue weighted by Crippen LogP contribution is 2.34. The van der Waals surface area contributed by atoms with Crippen molar-refractivity contribution in [2.75, 3.05) is 6.61 Å². The highest BCUT2D eigenvalue weighted by molar-refractivity contribution is 5.82. The molecule has 0 aliphatic carbocycles. The fraction of sp³-hybridized carbons (Fsp3) is 0.682. The van der Waals surface area contributed by atoms with E-state index < -0.39 is 18.2 Å². The van der Waals surface area contributed by atoms with Crippen molar-refractivity contribution in [1.82, 2.24) is 0 Å². The van der Waals surface area contributed by atoms with Gasteiger partial charge in [-0.1, -0.05) is 37.3 Å². The van der Waals surface area contributed by atoms with Crippen LogP contribution in [0, 0.1) is 5.92 Å². The second kappa shape index (κ2) is 9.83. The molecule has 1 saturated heterocycles. The molecule has 0 unspecified atom stereocenters. The van der Waals surface area contributed by atoms with Crippen LogP contribution in [-0.4, -0.2) is 59.4 Å². The molecule has 2 bridgehead atoms. The van der Waals surface area contributed by atoms with Crippen LogP contribution in [-0.2, 0) is 19.0 Å².